The largest absolute Gasteiger partial charge is 0.481 e. The van der Waals surface area contributed by atoms with Gasteiger partial charge in [-0.05, 0) is 38.5 Å². The van der Waals surface area contributed by atoms with Crippen LogP contribution in [0.15, 0.2) is 0 Å². The van der Waals surface area contributed by atoms with Gasteiger partial charge in [0.15, 0.2) is 0 Å². The topological polar surface area (TPSA) is 57.6 Å². The van der Waals surface area contributed by atoms with Crippen LogP contribution in [0.5, 0.6) is 0 Å². The van der Waals surface area contributed by atoms with E-state index in [1.807, 2.05) is 4.90 Å². The van der Waals surface area contributed by atoms with E-state index in [9.17, 15) is 14.7 Å². The summed E-state index contributed by atoms with van der Waals surface area (Å²) in [5, 5.41) is 9.28. The third-order valence-corrected chi connectivity index (χ3v) is 4.67. The lowest BCUT2D eigenvalue weighted by Crippen LogP contribution is -2.48. The van der Waals surface area contributed by atoms with Gasteiger partial charge in [0.05, 0.1) is 5.41 Å². The molecule has 102 valence electrons. The van der Waals surface area contributed by atoms with Crippen LogP contribution in [0.1, 0.15) is 58.3 Å². The number of amides is 1. The molecule has 18 heavy (non-hydrogen) atoms. The third-order valence-electron chi connectivity index (χ3n) is 4.67. The Morgan fingerprint density at radius 1 is 1.28 bits per heavy atom. The van der Waals surface area contributed by atoms with Gasteiger partial charge >= 0.3 is 5.97 Å². The summed E-state index contributed by atoms with van der Waals surface area (Å²) in [6, 6.07) is 0.331. The summed E-state index contributed by atoms with van der Waals surface area (Å²) in [7, 11) is 0. The molecule has 0 aromatic carbocycles. The molecule has 0 aromatic rings. The molecule has 1 unspecified atom stereocenters. The summed E-state index contributed by atoms with van der Waals surface area (Å²) in [6.07, 6.45) is 6.77. The van der Waals surface area contributed by atoms with E-state index < -0.39 is 11.4 Å². The number of carboxylic acid groups (broad SMARTS) is 1. The summed E-state index contributed by atoms with van der Waals surface area (Å²) < 4.78 is 0. The van der Waals surface area contributed by atoms with Crippen molar-refractivity contribution in [2.45, 2.75) is 64.3 Å². The smallest absolute Gasteiger partial charge is 0.310 e. The zero-order chi connectivity index (χ0) is 13.2. The number of rotatable bonds is 4. The number of carbonyl (C=O) groups excluding carboxylic acids is 1. The quantitative estimate of drug-likeness (QED) is 0.837. The van der Waals surface area contributed by atoms with Gasteiger partial charge in [-0.15, -0.1) is 0 Å². The minimum atomic E-state index is -0.785. The molecule has 0 bridgehead atoms. The average Bonchev–Trinajstić information content (AvgIpc) is 2.33. The molecule has 4 heteroatoms. The van der Waals surface area contributed by atoms with Crippen LogP contribution in [0.3, 0.4) is 0 Å². The van der Waals surface area contributed by atoms with Crippen molar-refractivity contribution in [1.29, 1.82) is 0 Å². The average molecular weight is 253 g/mol. The lowest BCUT2D eigenvalue weighted by atomic mass is 9.66. The van der Waals surface area contributed by atoms with E-state index in [1.165, 1.54) is 6.42 Å². The van der Waals surface area contributed by atoms with Crippen molar-refractivity contribution in [3.63, 3.8) is 0 Å². The van der Waals surface area contributed by atoms with Gasteiger partial charge < -0.3 is 10.0 Å². The maximum absolute atomic E-state index is 12.3. The molecule has 1 saturated heterocycles. The van der Waals surface area contributed by atoms with Crippen molar-refractivity contribution in [2.24, 2.45) is 5.41 Å². The van der Waals surface area contributed by atoms with Crippen LogP contribution >= 0.6 is 0 Å². The van der Waals surface area contributed by atoms with E-state index in [-0.39, 0.29) is 12.3 Å². The number of carboxylic acids is 1. The number of hydrogen-bond acceptors (Lipinski definition) is 2. The van der Waals surface area contributed by atoms with Crippen LogP contribution < -0.4 is 0 Å². The Kier molecular flexibility index (Phi) is 3.93. The molecule has 1 aliphatic heterocycles. The molecule has 0 aromatic heterocycles. The Bertz CT molecular complexity index is 336. The zero-order valence-electron chi connectivity index (χ0n) is 11.2. The van der Waals surface area contributed by atoms with Crippen molar-refractivity contribution in [2.75, 3.05) is 6.54 Å². The third kappa shape index (κ3) is 2.38. The fourth-order valence-electron chi connectivity index (χ4n) is 3.21. The summed E-state index contributed by atoms with van der Waals surface area (Å²) in [4.78, 5) is 25.6. The summed E-state index contributed by atoms with van der Waals surface area (Å²) in [5.74, 6) is -0.726. The Hall–Kier alpha value is -1.06. The van der Waals surface area contributed by atoms with E-state index in [4.69, 9.17) is 0 Å². The minimum absolute atomic E-state index is 0.0589. The second-order valence-corrected chi connectivity index (χ2v) is 5.76. The second kappa shape index (κ2) is 5.29. The molecule has 1 N–H and O–H groups in total. The monoisotopic (exact) mass is 253 g/mol. The van der Waals surface area contributed by atoms with Crippen molar-refractivity contribution >= 4 is 11.9 Å². The first-order valence-corrected chi connectivity index (χ1v) is 7.12. The van der Waals surface area contributed by atoms with E-state index in [1.54, 1.807) is 0 Å². The molecule has 1 aliphatic carbocycles. The maximum atomic E-state index is 12.3. The first kappa shape index (κ1) is 13.4. The number of hydrogen-bond donors (Lipinski definition) is 1. The predicted molar refractivity (Wildman–Crippen MR) is 68.2 cm³/mol. The molecular formula is C14H23NO3. The van der Waals surface area contributed by atoms with Crippen LogP contribution in [-0.2, 0) is 9.59 Å². The highest BCUT2D eigenvalue weighted by atomic mass is 16.4. The van der Waals surface area contributed by atoms with Gasteiger partial charge in [-0.2, -0.15) is 0 Å². The van der Waals surface area contributed by atoms with Crippen LogP contribution in [0.2, 0.25) is 0 Å². The normalized spacial score (nSPS) is 26.5. The lowest BCUT2D eigenvalue weighted by Gasteiger charge is -2.41. The van der Waals surface area contributed by atoms with Crippen LogP contribution in [-0.4, -0.2) is 34.5 Å². The molecular weight excluding hydrogens is 230 g/mol. The number of nitrogens with zero attached hydrogens (tertiary/aromatic N) is 1. The summed E-state index contributed by atoms with van der Waals surface area (Å²) in [5.41, 5.74) is -0.743. The van der Waals surface area contributed by atoms with Gasteiger partial charge in [0.1, 0.15) is 0 Å². The standard InChI is InChI=1S/C14H23NO3/c1-2-11-6-3-4-9-15(11)12(16)10-14(13(17)18)7-5-8-14/h11H,2-10H2,1H3,(H,17,18). The SMILES string of the molecule is CCC1CCCCN1C(=O)CC1(C(=O)O)CCC1. The Balaban J connectivity index is 2.00. The first-order valence-electron chi connectivity index (χ1n) is 7.12. The molecule has 2 aliphatic rings. The highest BCUT2D eigenvalue weighted by Gasteiger charge is 2.47. The Morgan fingerprint density at radius 3 is 2.50 bits per heavy atom. The second-order valence-electron chi connectivity index (χ2n) is 5.76. The van der Waals surface area contributed by atoms with Crippen LogP contribution in [0, 0.1) is 5.41 Å². The molecule has 2 rings (SSSR count). The van der Waals surface area contributed by atoms with E-state index in [2.05, 4.69) is 6.92 Å². The molecule has 2 fully saturated rings. The molecule has 0 radical (unpaired) electrons. The van der Waals surface area contributed by atoms with Gasteiger partial charge in [0.2, 0.25) is 5.91 Å². The highest BCUT2D eigenvalue weighted by Crippen LogP contribution is 2.44. The lowest BCUT2D eigenvalue weighted by molar-refractivity contribution is -0.160. The number of carbonyl (C=O) groups is 2. The number of piperidine rings is 1. The van der Waals surface area contributed by atoms with Crippen LogP contribution in [0.25, 0.3) is 0 Å². The first-order chi connectivity index (χ1) is 8.59. The van der Waals surface area contributed by atoms with Gasteiger partial charge in [-0.3, -0.25) is 9.59 Å². The van der Waals surface area contributed by atoms with E-state index in [0.717, 1.165) is 32.2 Å². The van der Waals surface area contributed by atoms with Gasteiger partial charge in [0.25, 0.3) is 0 Å². The van der Waals surface area contributed by atoms with Crippen LogP contribution in [0.4, 0.5) is 0 Å². The maximum Gasteiger partial charge on any atom is 0.310 e. The van der Waals surface area contributed by atoms with Gasteiger partial charge in [-0.25, -0.2) is 0 Å². The number of likely N-dealkylation sites (tertiary alicyclic amines) is 1. The van der Waals surface area contributed by atoms with Crippen molar-refractivity contribution in [3.05, 3.63) is 0 Å². The molecule has 1 heterocycles. The minimum Gasteiger partial charge on any atom is -0.481 e. The van der Waals surface area contributed by atoms with Crippen molar-refractivity contribution in [3.8, 4) is 0 Å². The molecule has 1 amide bonds. The summed E-state index contributed by atoms with van der Waals surface area (Å²) >= 11 is 0. The van der Waals surface area contributed by atoms with Gasteiger partial charge in [-0.1, -0.05) is 13.3 Å². The van der Waals surface area contributed by atoms with E-state index in [0.29, 0.717) is 18.9 Å². The fourth-order valence-corrected chi connectivity index (χ4v) is 3.21. The van der Waals surface area contributed by atoms with Gasteiger partial charge in [0, 0.05) is 19.0 Å². The van der Waals surface area contributed by atoms with E-state index >= 15 is 0 Å². The Morgan fingerprint density at radius 2 is 2.00 bits per heavy atom. The van der Waals surface area contributed by atoms with Crippen molar-refractivity contribution in [1.82, 2.24) is 4.90 Å². The molecule has 1 saturated carbocycles. The molecule has 1 atom stereocenters. The highest BCUT2D eigenvalue weighted by molar-refractivity contribution is 5.85. The summed E-state index contributed by atoms with van der Waals surface area (Å²) in [6.45, 7) is 2.92. The number of aliphatic carboxylic acids is 1. The predicted octanol–water partition coefficient (Wildman–Crippen LogP) is 2.42. The van der Waals surface area contributed by atoms with Crippen molar-refractivity contribution < 1.29 is 14.7 Å². The zero-order valence-corrected chi connectivity index (χ0v) is 11.2. The Labute approximate surface area is 108 Å². The molecule has 0 spiro atoms. The molecule has 4 nitrogen and oxygen atoms in total. The fraction of sp³-hybridized carbons (Fsp3) is 0.857.